The van der Waals surface area contributed by atoms with Gasteiger partial charge in [0, 0.05) is 24.8 Å². The van der Waals surface area contributed by atoms with Crippen molar-refractivity contribution in [2.24, 2.45) is 0 Å². The second-order valence-corrected chi connectivity index (χ2v) is 7.63. The van der Waals surface area contributed by atoms with E-state index in [1.165, 1.54) is 0 Å². The molecule has 1 heterocycles. The number of ether oxygens (including phenoxy) is 1. The number of carbonyl (C=O) groups excluding carboxylic acids is 1. The van der Waals surface area contributed by atoms with Gasteiger partial charge >= 0.3 is 0 Å². The number of rotatable bonds is 6. The van der Waals surface area contributed by atoms with Crippen LogP contribution >= 0.6 is 11.6 Å². The molecule has 5 nitrogen and oxygen atoms in total. The minimum atomic E-state index is -0.0739. The van der Waals surface area contributed by atoms with Crippen molar-refractivity contribution in [1.29, 1.82) is 0 Å². The maximum Gasteiger partial charge on any atom is 0.257 e. The number of aromatic nitrogens is 2. The van der Waals surface area contributed by atoms with Crippen molar-refractivity contribution in [2.75, 3.05) is 14.2 Å². The quantitative estimate of drug-likeness (QED) is 0.441. The number of benzene rings is 3. The molecule has 0 radical (unpaired) electrons. The van der Waals surface area contributed by atoms with Crippen LogP contribution in [0.3, 0.4) is 0 Å². The highest BCUT2D eigenvalue weighted by atomic mass is 35.5. The minimum Gasteiger partial charge on any atom is -0.497 e. The molecule has 6 heteroatoms. The maximum atomic E-state index is 12.9. The lowest BCUT2D eigenvalue weighted by Crippen LogP contribution is -2.25. The van der Waals surface area contributed by atoms with E-state index in [0.29, 0.717) is 23.7 Å². The number of amides is 1. The van der Waals surface area contributed by atoms with Crippen molar-refractivity contribution in [2.45, 2.75) is 13.1 Å². The number of methoxy groups -OCH3 is 1. The summed E-state index contributed by atoms with van der Waals surface area (Å²) in [7, 11) is 3.46. The summed E-state index contributed by atoms with van der Waals surface area (Å²) in [6.07, 6.45) is 3.36. The number of carbonyl (C=O) groups is 1. The van der Waals surface area contributed by atoms with Crippen LogP contribution in [0, 0.1) is 0 Å². The molecule has 0 atom stereocenters. The molecule has 152 valence electrons. The van der Waals surface area contributed by atoms with Gasteiger partial charge in [0.2, 0.25) is 0 Å². The van der Waals surface area contributed by atoms with E-state index < -0.39 is 0 Å². The van der Waals surface area contributed by atoms with Crippen LogP contribution in [-0.2, 0) is 13.1 Å². The second kappa shape index (κ2) is 8.59. The Morgan fingerprint density at radius 1 is 1.10 bits per heavy atom. The first-order valence-corrected chi connectivity index (χ1v) is 9.99. The van der Waals surface area contributed by atoms with E-state index in [1.54, 1.807) is 36.1 Å². The predicted octanol–water partition coefficient (Wildman–Crippen LogP) is 5.02. The molecule has 0 aliphatic carbocycles. The molecule has 0 aliphatic heterocycles. The fourth-order valence-electron chi connectivity index (χ4n) is 3.43. The predicted molar refractivity (Wildman–Crippen MR) is 119 cm³/mol. The highest BCUT2D eigenvalue weighted by molar-refractivity contribution is 6.31. The summed E-state index contributed by atoms with van der Waals surface area (Å²) in [6.45, 7) is 1.03. The maximum absolute atomic E-state index is 12.9. The Kier molecular flexibility index (Phi) is 5.72. The summed E-state index contributed by atoms with van der Waals surface area (Å²) < 4.78 is 7.00. The Morgan fingerprint density at radius 2 is 1.87 bits per heavy atom. The summed E-state index contributed by atoms with van der Waals surface area (Å²) in [4.78, 5) is 14.6. The van der Waals surface area contributed by atoms with Gasteiger partial charge in [0.15, 0.2) is 0 Å². The molecule has 30 heavy (non-hydrogen) atoms. The molecule has 0 saturated carbocycles. The van der Waals surface area contributed by atoms with Crippen molar-refractivity contribution in [3.63, 3.8) is 0 Å². The van der Waals surface area contributed by atoms with Crippen LogP contribution in [0.25, 0.3) is 10.8 Å². The summed E-state index contributed by atoms with van der Waals surface area (Å²) >= 11 is 6.22. The van der Waals surface area contributed by atoms with Gasteiger partial charge < -0.3 is 9.64 Å². The number of nitrogens with zero attached hydrogens (tertiary/aromatic N) is 3. The van der Waals surface area contributed by atoms with Gasteiger partial charge in [-0.05, 0) is 46.2 Å². The van der Waals surface area contributed by atoms with Crippen molar-refractivity contribution in [1.82, 2.24) is 14.7 Å². The zero-order valence-corrected chi connectivity index (χ0v) is 17.6. The molecule has 1 amide bonds. The molecule has 0 N–H and O–H groups in total. The molecular formula is C24H22ClN3O2. The number of hydrogen-bond donors (Lipinski definition) is 0. The van der Waals surface area contributed by atoms with E-state index in [9.17, 15) is 4.79 Å². The van der Waals surface area contributed by atoms with Crippen LogP contribution in [-0.4, -0.2) is 34.7 Å². The van der Waals surface area contributed by atoms with Crippen LogP contribution in [0.2, 0.25) is 5.02 Å². The van der Waals surface area contributed by atoms with Crippen LogP contribution in [0.5, 0.6) is 5.75 Å². The SMILES string of the molecule is COc1ccc2cc(CN(C)C(=O)c3cnn(Cc4ccccc4Cl)c3)ccc2c1. The summed E-state index contributed by atoms with van der Waals surface area (Å²) in [5.74, 6) is 0.756. The van der Waals surface area contributed by atoms with Gasteiger partial charge in [-0.15, -0.1) is 0 Å². The van der Waals surface area contributed by atoms with E-state index in [4.69, 9.17) is 16.3 Å². The van der Waals surface area contributed by atoms with E-state index in [2.05, 4.69) is 11.2 Å². The lowest BCUT2D eigenvalue weighted by molar-refractivity contribution is 0.0785. The fourth-order valence-corrected chi connectivity index (χ4v) is 3.62. The van der Waals surface area contributed by atoms with Gasteiger partial charge in [-0.25, -0.2) is 0 Å². The Morgan fingerprint density at radius 3 is 2.67 bits per heavy atom. The number of hydrogen-bond acceptors (Lipinski definition) is 3. The molecule has 0 unspecified atom stereocenters. The molecular weight excluding hydrogens is 398 g/mol. The number of fused-ring (bicyclic) bond motifs is 1. The van der Waals surface area contributed by atoms with Crippen LogP contribution in [0.15, 0.2) is 73.1 Å². The Hall–Kier alpha value is -3.31. The molecule has 0 spiro atoms. The summed E-state index contributed by atoms with van der Waals surface area (Å²) in [5.41, 5.74) is 2.57. The van der Waals surface area contributed by atoms with Gasteiger partial charge in [0.05, 0.1) is 25.4 Å². The highest BCUT2D eigenvalue weighted by Crippen LogP contribution is 2.22. The van der Waals surface area contributed by atoms with Crippen LogP contribution in [0.4, 0.5) is 0 Å². The first kappa shape index (κ1) is 20.0. The molecule has 4 rings (SSSR count). The van der Waals surface area contributed by atoms with Gasteiger partial charge in [-0.1, -0.05) is 48.0 Å². The second-order valence-electron chi connectivity index (χ2n) is 7.23. The van der Waals surface area contributed by atoms with Gasteiger partial charge in [0.25, 0.3) is 5.91 Å². The van der Waals surface area contributed by atoms with Crippen molar-refractivity contribution in [3.05, 3.63) is 94.8 Å². The molecule has 0 saturated heterocycles. The normalized spacial score (nSPS) is 10.9. The van der Waals surface area contributed by atoms with Crippen molar-refractivity contribution in [3.8, 4) is 5.75 Å². The van der Waals surface area contributed by atoms with Crippen molar-refractivity contribution >= 4 is 28.3 Å². The monoisotopic (exact) mass is 419 g/mol. The largest absolute Gasteiger partial charge is 0.497 e. The Bertz CT molecular complexity index is 1200. The van der Waals surface area contributed by atoms with Crippen molar-refractivity contribution < 1.29 is 9.53 Å². The van der Waals surface area contributed by atoms with E-state index in [0.717, 1.165) is 27.6 Å². The van der Waals surface area contributed by atoms with E-state index in [-0.39, 0.29) is 5.91 Å². The first-order chi connectivity index (χ1) is 14.5. The topological polar surface area (TPSA) is 47.4 Å². The Balaban J connectivity index is 1.45. The molecule has 0 aliphatic rings. The lowest BCUT2D eigenvalue weighted by Gasteiger charge is -2.17. The van der Waals surface area contributed by atoms with Gasteiger partial charge in [-0.3, -0.25) is 9.48 Å². The third-order valence-corrected chi connectivity index (χ3v) is 5.42. The van der Waals surface area contributed by atoms with E-state index in [1.807, 2.05) is 54.6 Å². The highest BCUT2D eigenvalue weighted by Gasteiger charge is 2.15. The average molecular weight is 420 g/mol. The molecule has 3 aromatic carbocycles. The fraction of sp³-hybridized carbons (Fsp3) is 0.167. The molecule has 1 aromatic heterocycles. The van der Waals surface area contributed by atoms with Crippen LogP contribution < -0.4 is 4.74 Å². The van der Waals surface area contributed by atoms with Gasteiger partial charge in [0.1, 0.15) is 5.75 Å². The molecule has 0 bridgehead atoms. The first-order valence-electron chi connectivity index (χ1n) is 9.61. The zero-order chi connectivity index (χ0) is 21.1. The molecule has 4 aromatic rings. The third-order valence-electron chi connectivity index (χ3n) is 5.05. The lowest BCUT2D eigenvalue weighted by atomic mass is 10.1. The molecule has 0 fully saturated rings. The Labute approximate surface area is 180 Å². The van der Waals surface area contributed by atoms with E-state index >= 15 is 0 Å². The zero-order valence-electron chi connectivity index (χ0n) is 16.9. The van der Waals surface area contributed by atoms with Gasteiger partial charge in [-0.2, -0.15) is 5.10 Å². The average Bonchev–Trinajstić information content (AvgIpc) is 3.23. The minimum absolute atomic E-state index is 0.0739. The smallest absolute Gasteiger partial charge is 0.257 e. The van der Waals surface area contributed by atoms with Crippen LogP contribution in [0.1, 0.15) is 21.5 Å². The number of halogens is 1. The summed E-state index contributed by atoms with van der Waals surface area (Å²) in [5, 5.41) is 7.22. The third kappa shape index (κ3) is 4.31. The summed E-state index contributed by atoms with van der Waals surface area (Å²) in [6, 6.07) is 19.8. The standard InChI is InChI=1S/C24H22ClN3O2/c1-27(14-17-7-8-19-12-22(30-2)10-9-18(19)11-17)24(29)21-13-26-28(16-21)15-20-5-3-4-6-23(20)25/h3-13,16H,14-15H2,1-2H3.